The number of thiazole rings is 1. The molecular formula is C18H16N2O3S2. The number of para-hydroxylation sites is 1. The summed E-state index contributed by atoms with van der Waals surface area (Å²) in [4.78, 5) is 18.6. The van der Waals surface area contributed by atoms with E-state index in [1.54, 1.807) is 43.3 Å². The zero-order chi connectivity index (χ0) is 18.0. The number of carbonyl (C=O) groups excluding carboxylic acids is 1. The van der Waals surface area contributed by atoms with Gasteiger partial charge in [-0.05, 0) is 24.3 Å². The van der Waals surface area contributed by atoms with Crippen LogP contribution in [0.3, 0.4) is 0 Å². The van der Waals surface area contributed by atoms with E-state index in [-0.39, 0.29) is 14.8 Å². The Kier molecular flexibility index (Phi) is 4.69. The number of allylic oxidation sites excluding steroid dienone is 1. The van der Waals surface area contributed by atoms with Crippen LogP contribution in [0.25, 0.3) is 10.2 Å². The number of rotatable bonds is 5. The van der Waals surface area contributed by atoms with E-state index in [1.165, 1.54) is 29.7 Å². The summed E-state index contributed by atoms with van der Waals surface area (Å²) >= 11 is 1.19. The number of carbonyl (C=O) groups is 1. The Morgan fingerprint density at radius 3 is 2.32 bits per heavy atom. The van der Waals surface area contributed by atoms with Gasteiger partial charge in [0, 0.05) is 20.3 Å². The normalized spacial score (nSPS) is 12.3. The lowest BCUT2D eigenvalue weighted by molar-refractivity contribution is 0.104. The molecule has 0 spiro atoms. The molecular weight excluding hydrogens is 356 g/mol. The molecule has 2 aromatic carbocycles. The third-order valence-corrected chi connectivity index (χ3v) is 6.23. The highest BCUT2D eigenvalue weighted by Crippen LogP contribution is 2.27. The van der Waals surface area contributed by atoms with Gasteiger partial charge in [-0.1, -0.05) is 30.3 Å². The summed E-state index contributed by atoms with van der Waals surface area (Å²) < 4.78 is 26.8. The van der Waals surface area contributed by atoms with Crippen LogP contribution in [0, 0.1) is 0 Å². The number of sulfone groups is 1. The van der Waals surface area contributed by atoms with Crippen molar-refractivity contribution in [2.45, 2.75) is 4.90 Å². The van der Waals surface area contributed by atoms with Crippen LogP contribution >= 0.6 is 11.3 Å². The van der Waals surface area contributed by atoms with Crippen molar-refractivity contribution in [2.75, 3.05) is 14.1 Å². The van der Waals surface area contributed by atoms with Crippen molar-refractivity contribution in [1.82, 2.24) is 9.88 Å². The van der Waals surface area contributed by atoms with Gasteiger partial charge in [0.25, 0.3) is 0 Å². The number of hydrogen-bond donors (Lipinski definition) is 0. The molecule has 1 aromatic heterocycles. The van der Waals surface area contributed by atoms with E-state index in [1.807, 2.05) is 18.2 Å². The third-order valence-electron chi connectivity index (χ3n) is 3.43. The van der Waals surface area contributed by atoms with E-state index in [0.717, 1.165) is 4.70 Å². The van der Waals surface area contributed by atoms with E-state index >= 15 is 0 Å². The van der Waals surface area contributed by atoms with Gasteiger partial charge >= 0.3 is 0 Å². The van der Waals surface area contributed by atoms with Gasteiger partial charge in [0.1, 0.15) is 4.91 Å². The SMILES string of the molecule is CN(C)C=C(C(=O)c1nc2ccccc2s1)S(=O)(=O)c1ccccc1. The Bertz CT molecular complexity index is 1020. The molecule has 0 unspecified atom stereocenters. The van der Waals surface area contributed by atoms with E-state index in [9.17, 15) is 13.2 Å². The fourth-order valence-electron chi connectivity index (χ4n) is 2.29. The molecule has 0 aliphatic rings. The highest BCUT2D eigenvalue weighted by atomic mass is 32.2. The molecule has 3 aromatic rings. The van der Waals surface area contributed by atoms with Crippen LogP contribution in [0.4, 0.5) is 0 Å². The molecule has 0 aliphatic carbocycles. The first-order valence-corrected chi connectivity index (χ1v) is 9.78. The minimum absolute atomic E-state index is 0.0811. The summed E-state index contributed by atoms with van der Waals surface area (Å²) in [5.74, 6) is -0.598. The summed E-state index contributed by atoms with van der Waals surface area (Å²) in [5.41, 5.74) is 0.678. The Balaban J connectivity index is 2.12. The van der Waals surface area contributed by atoms with E-state index in [4.69, 9.17) is 0 Å². The largest absolute Gasteiger partial charge is 0.382 e. The van der Waals surface area contributed by atoms with Gasteiger partial charge in [0.05, 0.1) is 15.1 Å². The number of hydrogen-bond acceptors (Lipinski definition) is 6. The van der Waals surface area contributed by atoms with Crippen LogP contribution in [-0.2, 0) is 9.84 Å². The van der Waals surface area contributed by atoms with Crippen molar-refractivity contribution < 1.29 is 13.2 Å². The Hall–Kier alpha value is -2.51. The van der Waals surface area contributed by atoms with Gasteiger partial charge in [-0.2, -0.15) is 0 Å². The Morgan fingerprint density at radius 2 is 1.68 bits per heavy atom. The average molecular weight is 372 g/mol. The van der Waals surface area contributed by atoms with Crippen molar-refractivity contribution in [1.29, 1.82) is 0 Å². The van der Waals surface area contributed by atoms with Gasteiger partial charge in [-0.15, -0.1) is 11.3 Å². The predicted molar refractivity (Wildman–Crippen MR) is 99.3 cm³/mol. The molecule has 0 radical (unpaired) electrons. The van der Waals surface area contributed by atoms with Crippen LogP contribution in [-0.4, -0.2) is 38.2 Å². The minimum Gasteiger partial charge on any atom is -0.382 e. The predicted octanol–water partition coefficient (Wildman–Crippen LogP) is 3.36. The van der Waals surface area contributed by atoms with Crippen LogP contribution in [0.2, 0.25) is 0 Å². The Morgan fingerprint density at radius 1 is 1.04 bits per heavy atom. The minimum atomic E-state index is -3.94. The van der Waals surface area contributed by atoms with Gasteiger partial charge in [0.15, 0.2) is 5.01 Å². The number of fused-ring (bicyclic) bond motifs is 1. The topological polar surface area (TPSA) is 67.3 Å². The van der Waals surface area contributed by atoms with E-state index < -0.39 is 15.6 Å². The lowest BCUT2D eigenvalue weighted by atomic mass is 10.3. The molecule has 0 fully saturated rings. The van der Waals surface area contributed by atoms with Gasteiger partial charge in [-0.3, -0.25) is 4.79 Å². The first kappa shape index (κ1) is 17.3. The lowest BCUT2D eigenvalue weighted by Gasteiger charge is -2.11. The van der Waals surface area contributed by atoms with Crippen LogP contribution < -0.4 is 0 Å². The van der Waals surface area contributed by atoms with Crippen molar-refractivity contribution in [3.05, 3.63) is 70.7 Å². The maximum atomic E-state index is 13.0. The number of ketones is 1. The quantitative estimate of drug-likeness (QED) is 0.507. The van der Waals surface area contributed by atoms with Crippen molar-refractivity contribution in [3.8, 4) is 0 Å². The standard InChI is InChI=1S/C18H16N2O3S2/c1-20(2)12-16(25(22,23)13-8-4-3-5-9-13)17(21)18-19-14-10-6-7-11-15(14)24-18/h3-12H,1-2H3. The summed E-state index contributed by atoms with van der Waals surface area (Å²) in [6.07, 6.45) is 1.33. The van der Waals surface area contributed by atoms with Crippen molar-refractivity contribution >= 4 is 37.2 Å². The van der Waals surface area contributed by atoms with Gasteiger partial charge < -0.3 is 4.90 Å². The zero-order valence-electron chi connectivity index (χ0n) is 13.7. The molecule has 0 saturated heterocycles. The smallest absolute Gasteiger partial charge is 0.234 e. The molecule has 0 amide bonds. The summed E-state index contributed by atoms with van der Waals surface area (Å²) in [6, 6.07) is 15.3. The third kappa shape index (κ3) is 3.47. The van der Waals surface area contributed by atoms with Crippen molar-refractivity contribution in [3.63, 3.8) is 0 Å². The molecule has 5 nitrogen and oxygen atoms in total. The van der Waals surface area contributed by atoms with Crippen molar-refractivity contribution in [2.24, 2.45) is 0 Å². The Labute approximate surface area is 150 Å². The molecule has 0 atom stereocenters. The van der Waals surface area contributed by atoms with Gasteiger partial charge in [-0.25, -0.2) is 13.4 Å². The molecule has 0 aliphatic heterocycles. The number of benzene rings is 2. The second-order valence-corrected chi connectivity index (χ2v) is 8.54. The lowest BCUT2D eigenvalue weighted by Crippen LogP contribution is -2.18. The fourth-order valence-corrected chi connectivity index (χ4v) is 4.73. The molecule has 1 heterocycles. The van der Waals surface area contributed by atoms with Crippen LogP contribution in [0.15, 0.2) is 70.6 Å². The monoisotopic (exact) mass is 372 g/mol. The zero-order valence-corrected chi connectivity index (χ0v) is 15.3. The number of Topliss-reactive ketones (excluding diaryl/α,β-unsaturated/α-hetero) is 1. The van der Waals surface area contributed by atoms with Gasteiger partial charge in [0.2, 0.25) is 15.6 Å². The molecule has 0 bridgehead atoms. The molecule has 7 heteroatoms. The summed E-state index contributed by atoms with van der Waals surface area (Å²) in [7, 11) is -0.599. The summed E-state index contributed by atoms with van der Waals surface area (Å²) in [6.45, 7) is 0. The maximum Gasteiger partial charge on any atom is 0.234 e. The molecule has 3 rings (SSSR count). The van der Waals surface area contributed by atoms with Crippen LogP contribution in [0.5, 0.6) is 0 Å². The number of nitrogens with zero attached hydrogens (tertiary/aromatic N) is 2. The maximum absolute atomic E-state index is 13.0. The summed E-state index contributed by atoms with van der Waals surface area (Å²) in [5, 5.41) is 0.161. The first-order valence-electron chi connectivity index (χ1n) is 7.48. The highest BCUT2D eigenvalue weighted by molar-refractivity contribution is 7.96. The van der Waals surface area contributed by atoms with E-state index in [0.29, 0.717) is 5.52 Å². The number of aromatic nitrogens is 1. The second kappa shape index (κ2) is 6.78. The average Bonchev–Trinajstić information content (AvgIpc) is 3.04. The van der Waals surface area contributed by atoms with Crippen LogP contribution in [0.1, 0.15) is 9.80 Å². The molecule has 25 heavy (non-hydrogen) atoms. The molecule has 0 N–H and O–H groups in total. The second-order valence-electron chi connectivity index (χ2n) is 5.59. The molecule has 128 valence electrons. The highest BCUT2D eigenvalue weighted by Gasteiger charge is 2.30. The van der Waals surface area contributed by atoms with E-state index in [2.05, 4.69) is 4.98 Å². The fraction of sp³-hybridized carbons (Fsp3) is 0.111. The molecule has 0 saturated carbocycles. The first-order chi connectivity index (χ1) is 11.9.